The number of hydrogen-bond donors (Lipinski definition) is 1. The molecule has 3 fully saturated rings. The molecule has 198 valence electrons. The highest BCUT2D eigenvalue weighted by molar-refractivity contribution is 5.66. The Balaban J connectivity index is 1.40. The van der Waals surface area contributed by atoms with E-state index in [1.807, 2.05) is 11.1 Å². The van der Waals surface area contributed by atoms with E-state index in [1.54, 1.807) is 6.92 Å². The Morgan fingerprint density at radius 2 is 1.66 bits per heavy atom. The predicted octanol–water partition coefficient (Wildman–Crippen LogP) is 7.83. The van der Waals surface area contributed by atoms with Crippen LogP contribution < -0.4 is 5.32 Å². The molecule has 3 heteroatoms. The van der Waals surface area contributed by atoms with Gasteiger partial charge in [0.2, 0.25) is 0 Å². The molecule has 2 saturated carbocycles. The highest BCUT2D eigenvalue weighted by atomic mass is 16.5. The van der Waals surface area contributed by atoms with Crippen molar-refractivity contribution in [3.63, 3.8) is 0 Å². The maximum absolute atomic E-state index is 11.8. The zero-order valence-corrected chi connectivity index (χ0v) is 24.3. The lowest BCUT2D eigenvalue weighted by Crippen LogP contribution is -2.55. The van der Waals surface area contributed by atoms with Gasteiger partial charge in [0.15, 0.2) is 0 Å². The van der Waals surface area contributed by atoms with E-state index in [4.69, 9.17) is 4.74 Å². The van der Waals surface area contributed by atoms with Gasteiger partial charge in [-0.1, -0.05) is 52.7 Å². The molecule has 5 rings (SSSR count). The normalized spacial score (nSPS) is 46.3. The van der Waals surface area contributed by atoms with Gasteiger partial charge in [-0.15, -0.1) is 0 Å². The van der Waals surface area contributed by atoms with Crippen molar-refractivity contribution in [2.45, 2.75) is 144 Å². The minimum Gasteiger partial charge on any atom is -0.462 e. The monoisotopic (exact) mass is 483 g/mol. The largest absolute Gasteiger partial charge is 0.462 e. The highest BCUT2D eigenvalue weighted by Crippen LogP contribution is 2.72. The van der Waals surface area contributed by atoms with Crippen LogP contribution in [0.3, 0.4) is 0 Å². The fourth-order valence-corrected chi connectivity index (χ4v) is 10.5. The van der Waals surface area contributed by atoms with Crippen LogP contribution in [0.4, 0.5) is 0 Å². The second-order valence-corrected chi connectivity index (χ2v) is 15.3. The SMILES string of the molecule is CC(=O)OC1CCC2(C)C3=C(CCC2C1(C)C)C1(C)CCC(C(C)CCC2NC2(C)C)C1(C)CC3. The zero-order valence-electron chi connectivity index (χ0n) is 24.3. The molecule has 5 aliphatic rings. The molecule has 35 heavy (non-hydrogen) atoms. The molecule has 1 aliphatic heterocycles. The van der Waals surface area contributed by atoms with E-state index in [1.165, 1.54) is 57.8 Å². The number of esters is 1. The lowest BCUT2D eigenvalue weighted by Gasteiger charge is -2.62. The van der Waals surface area contributed by atoms with Gasteiger partial charge in [0.1, 0.15) is 6.10 Å². The van der Waals surface area contributed by atoms with Gasteiger partial charge in [-0.2, -0.15) is 0 Å². The molecule has 1 N–H and O–H groups in total. The minimum atomic E-state index is -0.115. The maximum atomic E-state index is 11.8. The van der Waals surface area contributed by atoms with Crippen LogP contribution in [-0.4, -0.2) is 23.7 Å². The summed E-state index contributed by atoms with van der Waals surface area (Å²) in [6.45, 7) is 21.5. The zero-order chi connectivity index (χ0) is 25.6. The summed E-state index contributed by atoms with van der Waals surface area (Å²) in [7, 11) is 0. The molecule has 0 aromatic heterocycles. The summed E-state index contributed by atoms with van der Waals surface area (Å²) in [5.74, 6) is 2.15. The molecule has 0 aromatic rings. The summed E-state index contributed by atoms with van der Waals surface area (Å²) in [5, 5.41) is 3.68. The summed E-state index contributed by atoms with van der Waals surface area (Å²) in [6.07, 6.45) is 12.9. The first-order valence-electron chi connectivity index (χ1n) is 14.8. The Morgan fingerprint density at radius 3 is 2.29 bits per heavy atom. The fraction of sp³-hybridized carbons (Fsp3) is 0.906. The molecule has 3 nitrogen and oxygen atoms in total. The molecule has 0 spiro atoms. The van der Waals surface area contributed by atoms with Gasteiger partial charge in [0.25, 0.3) is 0 Å². The summed E-state index contributed by atoms with van der Waals surface area (Å²) < 4.78 is 5.88. The van der Waals surface area contributed by atoms with Crippen molar-refractivity contribution in [1.29, 1.82) is 0 Å². The van der Waals surface area contributed by atoms with Gasteiger partial charge < -0.3 is 10.1 Å². The third kappa shape index (κ3) is 3.71. The first kappa shape index (κ1) is 25.8. The van der Waals surface area contributed by atoms with E-state index in [0.717, 1.165) is 24.3 Å². The van der Waals surface area contributed by atoms with Crippen LogP contribution >= 0.6 is 0 Å². The van der Waals surface area contributed by atoms with Crippen molar-refractivity contribution in [2.75, 3.05) is 0 Å². The van der Waals surface area contributed by atoms with Crippen LogP contribution in [0.2, 0.25) is 0 Å². The van der Waals surface area contributed by atoms with Crippen molar-refractivity contribution in [1.82, 2.24) is 5.32 Å². The number of rotatable bonds is 5. The third-order valence-corrected chi connectivity index (χ3v) is 13.0. The second kappa shape index (κ2) is 8.08. The van der Waals surface area contributed by atoms with Gasteiger partial charge in [-0.05, 0) is 112 Å². The summed E-state index contributed by atoms with van der Waals surface area (Å²) in [5.41, 5.74) is 5.18. The lowest BCUT2D eigenvalue weighted by molar-refractivity contribution is -0.167. The van der Waals surface area contributed by atoms with Gasteiger partial charge in [0.05, 0.1) is 0 Å². The number of nitrogens with one attached hydrogen (secondary N) is 1. The van der Waals surface area contributed by atoms with Gasteiger partial charge >= 0.3 is 5.97 Å². The third-order valence-electron chi connectivity index (χ3n) is 13.0. The van der Waals surface area contributed by atoms with Crippen LogP contribution in [0.5, 0.6) is 0 Å². The number of fused-ring (bicyclic) bond motifs is 4. The number of carbonyl (C=O) groups excluding carboxylic acids is 1. The first-order valence-corrected chi connectivity index (χ1v) is 14.8. The molecular formula is C32H53NO2. The van der Waals surface area contributed by atoms with Crippen LogP contribution in [0, 0.1) is 39.4 Å². The Morgan fingerprint density at radius 1 is 0.971 bits per heavy atom. The first-order chi connectivity index (χ1) is 16.2. The van der Waals surface area contributed by atoms with Crippen molar-refractivity contribution < 1.29 is 9.53 Å². The molecule has 1 saturated heterocycles. The van der Waals surface area contributed by atoms with Gasteiger partial charge in [-0.3, -0.25) is 4.79 Å². The summed E-state index contributed by atoms with van der Waals surface area (Å²) in [4.78, 5) is 11.8. The minimum absolute atomic E-state index is 0.0379. The molecule has 0 bridgehead atoms. The van der Waals surface area contributed by atoms with E-state index in [-0.39, 0.29) is 22.9 Å². The van der Waals surface area contributed by atoms with E-state index >= 15 is 0 Å². The van der Waals surface area contributed by atoms with Crippen LogP contribution in [0.15, 0.2) is 11.1 Å². The number of ether oxygens (including phenoxy) is 1. The Hall–Kier alpha value is -0.830. The van der Waals surface area contributed by atoms with E-state index in [9.17, 15) is 4.79 Å². The predicted molar refractivity (Wildman–Crippen MR) is 144 cm³/mol. The highest BCUT2D eigenvalue weighted by Gasteiger charge is 2.63. The molecular weight excluding hydrogens is 430 g/mol. The van der Waals surface area contributed by atoms with Gasteiger partial charge in [-0.25, -0.2) is 0 Å². The number of allylic oxidation sites excluding steroid dienone is 2. The van der Waals surface area contributed by atoms with Crippen molar-refractivity contribution >= 4 is 5.97 Å². The topological polar surface area (TPSA) is 48.2 Å². The van der Waals surface area contributed by atoms with Crippen molar-refractivity contribution in [3.8, 4) is 0 Å². The van der Waals surface area contributed by atoms with Crippen LogP contribution in [0.1, 0.15) is 127 Å². The maximum Gasteiger partial charge on any atom is 0.302 e. The Kier molecular flexibility index (Phi) is 5.96. The average Bonchev–Trinajstić information content (AvgIpc) is 3.26. The molecule has 1 heterocycles. The number of hydrogen-bond acceptors (Lipinski definition) is 3. The molecule has 4 aliphatic carbocycles. The lowest BCUT2D eigenvalue weighted by atomic mass is 9.43. The van der Waals surface area contributed by atoms with E-state index < -0.39 is 0 Å². The molecule has 0 aromatic carbocycles. The molecule has 8 atom stereocenters. The molecule has 8 unspecified atom stereocenters. The summed E-state index contributed by atoms with van der Waals surface area (Å²) in [6, 6.07) is 0.729. The van der Waals surface area contributed by atoms with Crippen molar-refractivity contribution in [2.24, 2.45) is 39.4 Å². The summed E-state index contributed by atoms with van der Waals surface area (Å²) >= 11 is 0. The molecule has 0 radical (unpaired) electrons. The Bertz CT molecular complexity index is 917. The van der Waals surface area contributed by atoms with E-state index in [2.05, 4.69) is 60.7 Å². The van der Waals surface area contributed by atoms with Crippen LogP contribution in [0.25, 0.3) is 0 Å². The van der Waals surface area contributed by atoms with E-state index in [0.29, 0.717) is 22.3 Å². The van der Waals surface area contributed by atoms with Gasteiger partial charge in [0, 0.05) is 23.9 Å². The second-order valence-electron chi connectivity index (χ2n) is 15.3. The fourth-order valence-electron chi connectivity index (χ4n) is 10.5. The standard InChI is InChI=1S/C32H53NO2/c1-20(10-13-26-29(5,6)33-26)22-14-18-32(9)24-11-12-25-28(3,4)27(35-21(2)34)16-17-30(25,7)23(24)15-19-31(22,32)8/h20,22,25-27,33H,10-19H2,1-9H3. The average molecular weight is 484 g/mol. The number of carbonyl (C=O) groups is 1. The van der Waals surface area contributed by atoms with Crippen molar-refractivity contribution in [3.05, 3.63) is 11.1 Å². The molecule has 0 amide bonds. The smallest absolute Gasteiger partial charge is 0.302 e. The quantitative estimate of drug-likeness (QED) is 0.246. The van der Waals surface area contributed by atoms with Crippen LogP contribution in [-0.2, 0) is 9.53 Å². The Labute approximate surface area is 215 Å².